The maximum absolute atomic E-state index is 13.2. The third kappa shape index (κ3) is 3.32. The number of benzene rings is 1. The van der Waals surface area contributed by atoms with Crippen molar-refractivity contribution in [2.75, 3.05) is 31.1 Å². The van der Waals surface area contributed by atoms with Gasteiger partial charge in [-0.1, -0.05) is 6.92 Å². The first-order chi connectivity index (χ1) is 10.4. The van der Waals surface area contributed by atoms with E-state index in [1.54, 1.807) is 22.8 Å². The summed E-state index contributed by atoms with van der Waals surface area (Å²) in [5.74, 6) is 0.00974. The van der Waals surface area contributed by atoms with Crippen LogP contribution in [-0.4, -0.2) is 37.0 Å². The molecule has 0 bridgehead atoms. The summed E-state index contributed by atoms with van der Waals surface area (Å²) < 4.78 is 39.5. The predicted octanol–water partition coefficient (Wildman–Crippen LogP) is 2.64. The second kappa shape index (κ2) is 6.26. The Morgan fingerprint density at radius 2 is 1.91 bits per heavy atom. The fourth-order valence-corrected chi connectivity index (χ4v) is 2.53. The van der Waals surface area contributed by atoms with Crippen LogP contribution in [0.25, 0.3) is 0 Å². The summed E-state index contributed by atoms with van der Waals surface area (Å²) in [7, 11) is 0. The maximum atomic E-state index is 13.2. The Kier molecular flexibility index (Phi) is 4.59. The third-order valence-electron chi connectivity index (χ3n) is 3.71. The molecule has 0 atom stereocenters. The van der Waals surface area contributed by atoms with E-state index in [0.717, 1.165) is 6.07 Å². The molecule has 1 aliphatic rings. The number of piperazine rings is 1. The normalized spacial score (nSPS) is 15.6. The summed E-state index contributed by atoms with van der Waals surface area (Å²) in [6.45, 7) is 3.27. The van der Waals surface area contributed by atoms with Gasteiger partial charge in [-0.3, -0.25) is 4.79 Å². The molecule has 0 unspecified atom stereocenters. The number of anilines is 1. The van der Waals surface area contributed by atoms with Crippen LogP contribution in [0.1, 0.15) is 24.5 Å². The number of nitrogens with zero attached hydrogens (tertiary/aromatic N) is 3. The number of amides is 1. The molecule has 2 rings (SSSR count). The van der Waals surface area contributed by atoms with E-state index < -0.39 is 11.7 Å². The van der Waals surface area contributed by atoms with Crippen LogP contribution in [0.3, 0.4) is 0 Å². The zero-order valence-corrected chi connectivity index (χ0v) is 12.2. The molecule has 0 aromatic heterocycles. The van der Waals surface area contributed by atoms with Gasteiger partial charge in [0.1, 0.15) is 0 Å². The largest absolute Gasteiger partial charge is 0.418 e. The second-order valence-electron chi connectivity index (χ2n) is 5.06. The van der Waals surface area contributed by atoms with Gasteiger partial charge in [-0.2, -0.15) is 18.4 Å². The fourth-order valence-electron chi connectivity index (χ4n) is 2.53. The highest BCUT2D eigenvalue weighted by Gasteiger charge is 2.36. The van der Waals surface area contributed by atoms with E-state index in [2.05, 4.69) is 0 Å². The standard InChI is InChI=1S/C15H16F3N3O/c1-2-14(22)21-7-5-20(6-8-21)13-4-3-11(10-19)9-12(13)15(16,17)18/h3-4,9H,2,5-8H2,1H3. The summed E-state index contributed by atoms with van der Waals surface area (Å²) in [4.78, 5) is 14.9. The summed E-state index contributed by atoms with van der Waals surface area (Å²) in [5, 5.41) is 8.78. The number of halogens is 3. The molecular weight excluding hydrogens is 295 g/mol. The molecule has 0 radical (unpaired) electrons. The van der Waals surface area contributed by atoms with Crippen molar-refractivity contribution in [3.05, 3.63) is 29.3 Å². The van der Waals surface area contributed by atoms with Gasteiger partial charge >= 0.3 is 6.18 Å². The summed E-state index contributed by atoms with van der Waals surface area (Å²) in [6.07, 6.45) is -4.12. The molecule has 1 saturated heterocycles. The lowest BCUT2D eigenvalue weighted by atomic mass is 10.1. The van der Waals surface area contributed by atoms with Crippen molar-refractivity contribution in [2.45, 2.75) is 19.5 Å². The molecule has 0 spiro atoms. The summed E-state index contributed by atoms with van der Waals surface area (Å²) in [6, 6.07) is 5.32. The van der Waals surface area contributed by atoms with E-state index in [1.165, 1.54) is 12.1 Å². The van der Waals surface area contributed by atoms with Crippen LogP contribution < -0.4 is 4.90 Å². The average Bonchev–Trinajstić information content (AvgIpc) is 2.53. The van der Waals surface area contributed by atoms with E-state index in [4.69, 9.17) is 5.26 Å². The maximum Gasteiger partial charge on any atom is 0.418 e. The molecule has 22 heavy (non-hydrogen) atoms. The number of carbonyl (C=O) groups is 1. The fraction of sp³-hybridized carbons (Fsp3) is 0.467. The lowest BCUT2D eigenvalue weighted by molar-refractivity contribution is -0.137. The van der Waals surface area contributed by atoms with Crippen LogP contribution in [-0.2, 0) is 11.0 Å². The van der Waals surface area contributed by atoms with Gasteiger partial charge in [-0.15, -0.1) is 0 Å². The van der Waals surface area contributed by atoms with Crippen molar-refractivity contribution in [2.24, 2.45) is 0 Å². The van der Waals surface area contributed by atoms with Crippen LogP contribution in [0.2, 0.25) is 0 Å². The van der Waals surface area contributed by atoms with Crippen molar-refractivity contribution >= 4 is 11.6 Å². The van der Waals surface area contributed by atoms with Gasteiger partial charge < -0.3 is 9.80 Å². The third-order valence-corrected chi connectivity index (χ3v) is 3.71. The Morgan fingerprint density at radius 1 is 1.27 bits per heavy atom. The molecule has 7 heteroatoms. The van der Waals surface area contributed by atoms with Crippen molar-refractivity contribution in [1.29, 1.82) is 5.26 Å². The molecule has 1 heterocycles. The molecule has 1 aliphatic heterocycles. The quantitative estimate of drug-likeness (QED) is 0.843. The lowest BCUT2D eigenvalue weighted by Crippen LogP contribution is -2.49. The van der Waals surface area contributed by atoms with Crippen LogP contribution in [0.15, 0.2) is 18.2 Å². The lowest BCUT2D eigenvalue weighted by Gasteiger charge is -2.37. The molecule has 0 aliphatic carbocycles. The smallest absolute Gasteiger partial charge is 0.367 e. The monoisotopic (exact) mass is 311 g/mol. The molecule has 0 saturated carbocycles. The van der Waals surface area contributed by atoms with Gasteiger partial charge in [-0.05, 0) is 18.2 Å². The van der Waals surface area contributed by atoms with E-state index >= 15 is 0 Å². The zero-order chi connectivity index (χ0) is 16.3. The van der Waals surface area contributed by atoms with E-state index in [1.807, 2.05) is 0 Å². The molecule has 1 amide bonds. The Labute approximate surface area is 126 Å². The minimum atomic E-state index is -4.52. The Balaban J connectivity index is 2.24. The second-order valence-corrected chi connectivity index (χ2v) is 5.06. The highest BCUT2D eigenvalue weighted by molar-refractivity contribution is 5.76. The van der Waals surface area contributed by atoms with Crippen molar-refractivity contribution in [3.63, 3.8) is 0 Å². The van der Waals surface area contributed by atoms with Gasteiger partial charge in [0.05, 0.1) is 17.2 Å². The Hall–Kier alpha value is -2.23. The molecule has 1 fully saturated rings. The zero-order valence-electron chi connectivity index (χ0n) is 12.2. The minimum absolute atomic E-state index is 0.00974. The highest BCUT2D eigenvalue weighted by Crippen LogP contribution is 2.37. The molecule has 118 valence electrons. The van der Waals surface area contributed by atoms with Gasteiger partial charge in [0.25, 0.3) is 0 Å². The number of nitriles is 1. The van der Waals surface area contributed by atoms with E-state index in [9.17, 15) is 18.0 Å². The first-order valence-corrected chi connectivity index (χ1v) is 7.01. The SMILES string of the molecule is CCC(=O)N1CCN(c2ccc(C#N)cc2C(F)(F)F)CC1. The Morgan fingerprint density at radius 3 is 2.41 bits per heavy atom. The number of hydrogen-bond donors (Lipinski definition) is 0. The summed E-state index contributed by atoms with van der Waals surface area (Å²) >= 11 is 0. The van der Waals surface area contributed by atoms with Crippen molar-refractivity contribution in [1.82, 2.24) is 4.90 Å². The van der Waals surface area contributed by atoms with Gasteiger partial charge in [0.2, 0.25) is 5.91 Å². The molecule has 4 nitrogen and oxygen atoms in total. The Bertz CT molecular complexity index is 599. The van der Waals surface area contributed by atoms with E-state index in [0.29, 0.717) is 32.6 Å². The van der Waals surface area contributed by atoms with E-state index in [-0.39, 0.29) is 17.2 Å². The highest BCUT2D eigenvalue weighted by atomic mass is 19.4. The first kappa shape index (κ1) is 16.1. The van der Waals surface area contributed by atoms with Crippen molar-refractivity contribution < 1.29 is 18.0 Å². The number of rotatable bonds is 2. The number of carbonyl (C=O) groups excluding carboxylic acids is 1. The van der Waals surface area contributed by atoms with Gasteiger partial charge in [0.15, 0.2) is 0 Å². The first-order valence-electron chi connectivity index (χ1n) is 7.01. The van der Waals surface area contributed by atoms with Crippen LogP contribution in [0, 0.1) is 11.3 Å². The minimum Gasteiger partial charge on any atom is -0.367 e. The topological polar surface area (TPSA) is 47.3 Å². The van der Waals surface area contributed by atoms with Crippen LogP contribution >= 0.6 is 0 Å². The number of hydrogen-bond acceptors (Lipinski definition) is 3. The molecule has 0 N–H and O–H groups in total. The van der Waals surface area contributed by atoms with Gasteiger partial charge in [-0.25, -0.2) is 0 Å². The predicted molar refractivity (Wildman–Crippen MR) is 75.2 cm³/mol. The molecule has 1 aromatic carbocycles. The average molecular weight is 311 g/mol. The van der Waals surface area contributed by atoms with Crippen LogP contribution in [0.5, 0.6) is 0 Å². The van der Waals surface area contributed by atoms with Crippen molar-refractivity contribution in [3.8, 4) is 6.07 Å². The summed E-state index contributed by atoms with van der Waals surface area (Å²) in [5.41, 5.74) is -0.757. The molecule has 1 aromatic rings. The van der Waals surface area contributed by atoms with Gasteiger partial charge in [0, 0.05) is 38.3 Å². The number of alkyl halides is 3. The van der Waals surface area contributed by atoms with Crippen LogP contribution in [0.4, 0.5) is 18.9 Å². The molecular formula is C15H16F3N3O.